The molecule has 0 atom stereocenters. The van der Waals surface area contributed by atoms with Crippen LogP contribution < -0.4 is 10.6 Å². The van der Waals surface area contributed by atoms with Gasteiger partial charge >= 0.3 is 5.97 Å². The van der Waals surface area contributed by atoms with Gasteiger partial charge in [-0.05, 0) is 47.8 Å². The molecule has 0 bridgehead atoms. The van der Waals surface area contributed by atoms with Crippen molar-refractivity contribution < 1.29 is 9.53 Å². The Morgan fingerprint density at radius 1 is 1.27 bits per heavy atom. The lowest BCUT2D eigenvalue weighted by molar-refractivity contribution is -0.139. The molecule has 0 radical (unpaired) electrons. The molecule has 22 heavy (non-hydrogen) atoms. The van der Waals surface area contributed by atoms with Crippen molar-refractivity contribution in [1.29, 1.82) is 0 Å². The second-order valence-corrected chi connectivity index (χ2v) is 6.10. The molecule has 0 fully saturated rings. The first kappa shape index (κ1) is 16.5. The maximum Gasteiger partial charge on any atom is 0.309 e. The first-order chi connectivity index (χ1) is 10.7. The van der Waals surface area contributed by atoms with Crippen LogP contribution in [0.1, 0.15) is 10.4 Å². The molecular formula is C16H18N2O2S2. The van der Waals surface area contributed by atoms with E-state index in [1.165, 1.54) is 12.0 Å². The van der Waals surface area contributed by atoms with E-state index in [4.69, 9.17) is 12.2 Å². The first-order valence-corrected chi connectivity index (χ1v) is 8.19. The molecule has 1 aromatic heterocycles. The van der Waals surface area contributed by atoms with E-state index in [0.717, 1.165) is 24.2 Å². The number of nitrogens with one attached hydrogen (secondary N) is 2. The standard InChI is InChI=1S/C16H18N2O2S2/c1-20-15(19)11-12-4-6-13(7-5-12)18-16(21)17-9-8-14-3-2-10-22-14/h2-7,10H,8-9,11H2,1H3,(H2,17,18,21). The van der Waals surface area contributed by atoms with Crippen molar-refractivity contribution in [2.24, 2.45) is 0 Å². The number of benzene rings is 1. The minimum Gasteiger partial charge on any atom is -0.469 e. The Morgan fingerprint density at radius 2 is 2.05 bits per heavy atom. The summed E-state index contributed by atoms with van der Waals surface area (Å²) in [6.45, 7) is 0.798. The zero-order chi connectivity index (χ0) is 15.8. The SMILES string of the molecule is COC(=O)Cc1ccc(NC(=S)NCCc2cccs2)cc1. The normalized spacial score (nSPS) is 10.0. The van der Waals surface area contributed by atoms with Gasteiger partial charge in [0.2, 0.25) is 0 Å². The molecule has 0 saturated carbocycles. The number of thiophene rings is 1. The molecule has 0 aliphatic rings. The van der Waals surface area contributed by atoms with Gasteiger partial charge < -0.3 is 15.4 Å². The summed E-state index contributed by atoms with van der Waals surface area (Å²) in [6, 6.07) is 11.7. The van der Waals surface area contributed by atoms with Gasteiger partial charge in [-0.1, -0.05) is 18.2 Å². The summed E-state index contributed by atoms with van der Waals surface area (Å²) >= 11 is 7.00. The molecular weight excluding hydrogens is 316 g/mol. The van der Waals surface area contributed by atoms with Crippen LogP contribution in [0.2, 0.25) is 0 Å². The molecule has 0 amide bonds. The van der Waals surface area contributed by atoms with Gasteiger partial charge in [0.1, 0.15) is 0 Å². The number of methoxy groups -OCH3 is 1. The van der Waals surface area contributed by atoms with E-state index < -0.39 is 0 Å². The Morgan fingerprint density at radius 3 is 2.68 bits per heavy atom. The number of carbonyl (C=O) groups is 1. The van der Waals surface area contributed by atoms with Crippen LogP contribution in [-0.4, -0.2) is 24.7 Å². The van der Waals surface area contributed by atoms with E-state index in [1.54, 1.807) is 11.3 Å². The van der Waals surface area contributed by atoms with E-state index in [-0.39, 0.29) is 12.4 Å². The van der Waals surface area contributed by atoms with Gasteiger partial charge in [-0.15, -0.1) is 11.3 Å². The number of hydrogen-bond acceptors (Lipinski definition) is 4. The number of ether oxygens (including phenoxy) is 1. The van der Waals surface area contributed by atoms with Crippen molar-refractivity contribution in [1.82, 2.24) is 5.32 Å². The Labute approximate surface area is 139 Å². The maximum atomic E-state index is 11.2. The predicted octanol–water partition coefficient (Wildman–Crippen LogP) is 2.99. The molecule has 1 aromatic carbocycles. The number of hydrogen-bond donors (Lipinski definition) is 2. The minimum absolute atomic E-state index is 0.244. The molecule has 0 unspecified atom stereocenters. The molecule has 2 rings (SSSR count). The van der Waals surface area contributed by atoms with E-state index >= 15 is 0 Å². The third-order valence-electron chi connectivity index (χ3n) is 3.02. The fraction of sp³-hybridized carbons (Fsp3) is 0.250. The largest absolute Gasteiger partial charge is 0.469 e. The second-order valence-electron chi connectivity index (χ2n) is 4.66. The van der Waals surface area contributed by atoms with Crippen LogP contribution in [0.15, 0.2) is 41.8 Å². The Bertz CT molecular complexity index is 610. The van der Waals surface area contributed by atoms with Gasteiger partial charge in [-0.25, -0.2) is 0 Å². The van der Waals surface area contributed by atoms with Gasteiger partial charge in [0, 0.05) is 17.1 Å². The highest BCUT2D eigenvalue weighted by Crippen LogP contribution is 2.11. The smallest absolute Gasteiger partial charge is 0.309 e. The summed E-state index contributed by atoms with van der Waals surface area (Å²) in [5.74, 6) is -0.244. The van der Waals surface area contributed by atoms with Crippen LogP contribution >= 0.6 is 23.6 Å². The third kappa shape index (κ3) is 5.46. The van der Waals surface area contributed by atoms with Gasteiger partial charge in [-0.3, -0.25) is 4.79 Å². The van der Waals surface area contributed by atoms with E-state index in [1.807, 2.05) is 30.3 Å². The maximum absolute atomic E-state index is 11.2. The molecule has 2 aromatic rings. The van der Waals surface area contributed by atoms with Crippen molar-refractivity contribution >= 4 is 40.3 Å². The van der Waals surface area contributed by atoms with E-state index in [2.05, 4.69) is 26.8 Å². The minimum atomic E-state index is -0.244. The molecule has 116 valence electrons. The van der Waals surface area contributed by atoms with Crippen LogP contribution in [0.4, 0.5) is 5.69 Å². The van der Waals surface area contributed by atoms with E-state index in [9.17, 15) is 4.79 Å². The van der Waals surface area contributed by atoms with Crippen LogP contribution in [0, 0.1) is 0 Å². The van der Waals surface area contributed by atoms with E-state index in [0.29, 0.717) is 5.11 Å². The summed E-state index contributed by atoms with van der Waals surface area (Å²) in [6.07, 6.45) is 1.23. The summed E-state index contributed by atoms with van der Waals surface area (Å²) in [4.78, 5) is 12.5. The number of anilines is 1. The van der Waals surface area contributed by atoms with Gasteiger partial charge in [-0.2, -0.15) is 0 Å². The Kier molecular flexibility index (Phi) is 6.36. The van der Waals surface area contributed by atoms with Crippen molar-refractivity contribution in [3.8, 4) is 0 Å². The molecule has 1 heterocycles. The van der Waals surface area contributed by atoms with Crippen molar-refractivity contribution in [3.63, 3.8) is 0 Å². The number of esters is 1. The lowest BCUT2D eigenvalue weighted by Crippen LogP contribution is -2.30. The lowest BCUT2D eigenvalue weighted by atomic mass is 10.1. The summed E-state index contributed by atoms with van der Waals surface area (Å²) in [5.41, 5.74) is 1.80. The monoisotopic (exact) mass is 334 g/mol. The summed E-state index contributed by atoms with van der Waals surface area (Å²) in [7, 11) is 1.39. The molecule has 2 N–H and O–H groups in total. The van der Waals surface area contributed by atoms with Gasteiger partial charge in [0.15, 0.2) is 5.11 Å². The van der Waals surface area contributed by atoms with Crippen molar-refractivity contribution in [3.05, 3.63) is 52.2 Å². The second kappa shape index (κ2) is 8.51. The number of thiocarbonyl (C=S) groups is 1. The highest BCUT2D eigenvalue weighted by molar-refractivity contribution is 7.80. The Balaban J connectivity index is 1.75. The van der Waals surface area contributed by atoms with Gasteiger partial charge in [0.25, 0.3) is 0 Å². The molecule has 0 aliphatic carbocycles. The van der Waals surface area contributed by atoms with Crippen molar-refractivity contribution in [2.75, 3.05) is 19.0 Å². The number of rotatable bonds is 6. The summed E-state index contributed by atoms with van der Waals surface area (Å²) in [5, 5.41) is 8.97. The topological polar surface area (TPSA) is 50.4 Å². The zero-order valence-electron chi connectivity index (χ0n) is 12.3. The molecule has 0 spiro atoms. The van der Waals surface area contributed by atoms with Crippen molar-refractivity contribution in [2.45, 2.75) is 12.8 Å². The average Bonchev–Trinajstić information content (AvgIpc) is 3.02. The fourth-order valence-electron chi connectivity index (χ4n) is 1.87. The number of carbonyl (C=O) groups excluding carboxylic acids is 1. The molecule has 0 saturated heterocycles. The lowest BCUT2D eigenvalue weighted by Gasteiger charge is -2.10. The fourth-order valence-corrected chi connectivity index (χ4v) is 2.80. The highest BCUT2D eigenvalue weighted by atomic mass is 32.1. The first-order valence-electron chi connectivity index (χ1n) is 6.90. The van der Waals surface area contributed by atoms with Crippen LogP contribution in [-0.2, 0) is 22.4 Å². The highest BCUT2D eigenvalue weighted by Gasteiger charge is 2.03. The molecule has 6 heteroatoms. The molecule has 0 aliphatic heterocycles. The zero-order valence-corrected chi connectivity index (χ0v) is 13.9. The van der Waals surface area contributed by atoms with Gasteiger partial charge in [0.05, 0.1) is 13.5 Å². The third-order valence-corrected chi connectivity index (χ3v) is 4.21. The van der Waals surface area contributed by atoms with Crippen LogP contribution in [0.25, 0.3) is 0 Å². The Hall–Kier alpha value is -1.92. The van der Waals surface area contributed by atoms with Crippen LogP contribution in [0.5, 0.6) is 0 Å². The van der Waals surface area contributed by atoms with Crippen LogP contribution in [0.3, 0.4) is 0 Å². The average molecular weight is 334 g/mol. The quantitative estimate of drug-likeness (QED) is 0.628. The summed E-state index contributed by atoms with van der Waals surface area (Å²) < 4.78 is 4.64. The molecule has 4 nitrogen and oxygen atoms in total. The predicted molar refractivity (Wildman–Crippen MR) is 94.4 cm³/mol.